The van der Waals surface area contributed by atoms with E-state index in [0.29, 0.717) is 11.1 Å². The van der Waals surface area contributed by atoms with E-state index in [2.05, 4.69) is 15.5 Å². The van der Waals surface area contributed by atoms with Gasteiger partial charge in [0.25, 0.3) is 5.56 Å². The number of nitrogens with one attached hydrogen (secondary N) is 2. The lowest BCUT2D eigenvalue weighted by molar-refractivity contribution is 0.610. The molecule has 3 aromatic carbocycles. The molecule has 5 rings (SSSR count). The van der Waals surface area contributed by atoms with Gasteiger partial charge in [0, 0.05) is 11.1 Å². The molecule has 0 saturated heterocycles. The van der Waals surface area contributed by atoms with Gasteiger partial charge in [0.2, 0.25) is 0 Å². The largest absolute Gasteiger partial charge is 0.377 e. The summed E-state index contributed by atoms with van der Waals surface area (Å²) in [5.41, 5.74) is 2.94. The molecule has 1 aliphatic heterocycles. The minimum atomic E-state index is -0.328. The van der Waals surface area contributed by atoms with Crippen molar-refractivity contribution in [1.82, 2.24) is 10.2 Å². The van der Waals surface area contributed by atoms with Crippen LogP contribution < -0.4 is 10.9 Å². The third-order valence-corrected chi connectivity index (χ3v) is 5.24. The molecule has 4 aromatic rings. The Morgan fingerprint density at radius 1 is 0.821 bits per heavy atom. The maximum absolute atomic E-state index is 13.5. The van der Waals surface area contributed by atoms with Gasteiger partial charge < -0.3 is 5.32 Å². The third-order valence-electron chi connectivity index (χ3n) is 5.24. The van der Waals surface area contributed by atoms with Crippen LogP contribution >= 0.6 is 0 Å². The Labute approximate surface area is 158 Å². The number of nitrogens with zero attached hydrogens (tertiary/aromatic N) is 1. The lowest BCUT2D eigenvalue weighted by Crippen LogP contribution is -2.28. The molecule has 28 heavy (non-hydrogen) atoms. The first kappa shape index (κ1) is 16.6. The van der Waals surface area contributed by atoms with Crippen molar-refractivity contribution in [3.8, 4) is 0 Å². The van der Waals surface area contributed by atoms with E-state index in [9.17, 15) is 13.6 Å². The molecular formula is C22H15F2N3O. The molecule has 1 aliphatic rings. The van der Waals surface area contributed by atoms with Gasteiger partial charge in [0.05, 0.1) is 23.0 Å². The van der Waals surface area contributed by atoms with Crippen LogP contribution in [0.2, 0.25) is 0 Å². The monoisotopic (exact) mass is 375 g/mol. The fourth-order valence-corrected chi connectivity index (χ4v) is 3.97. The summed E-state index contributed by atoms with van der Waals surface area (Å²) in [7, 11) is 0. The van der Waals surface area contributed by atoms with Crippen molar-refractivity contribution in [2.24, 2.45) is 0 Å². The molecule has 138 valence electrons. The van der Waals surface area contributed by atoms with E-state index < -0.39 is 0 Å². The first-order valence-electron chi connectivity index (χ1n) is 8.90. The van der Waals surface area contributed by atoms with Crippen molar-refractivity contribution >= 4 is 16.5 Å². The highest BCUT2D eigenvalue weighted by Crippen LogP contribution is 2.46. The van der Waals surface area contributed by atoms with E-state index >= 15 is 0 Å². The van der Waals surface area contributed by atoms with Gasteiger partial charge in [0.15, 0.2) is 0 Å². The van der Waals surface area contributed by atoms with E-state index in [1.807, 2.05) is 12.1 Å². The van der Waals surface area contributed by atoms with E-state index in [0.717, 1.165) is 22.2 Å². The van der Waals surface area contributed by atoms with Gasteiger partial charge in [-0.2, -0.15) is 5.10 Å². The highest BCUT2D eigenvalue weighted by Gasteiger charge is 2.34. The Hall–Kier alpha value is -3.54. The molecular weight excluding hydrogens is 360 g/mol. The lowest BCUT2D eigenvalue weighted by atomic mass is 9.80. The molecule has 0 aliphatic carbocycles. The Balaban J connectivity index is 1.78. The first-order chi connectivity index (χ1) is 13.6. The molecule has 6 heteroatoms. The zero-order valence-corrected chi connectivity index (χ0v) is 14.6. The van der Waals surface area contributed by atoms with Crippen molar-refractivity contribution in [3.63, 3.8) is 0 Å². The van der Waals surface area contributed by atoms with E-state index in [1.54, 1.807) is 30.3 Å². The van der Waals surface area contributed by atoms with E-state index in [1.165, 1.54) is 24.3 Å². The molecule has 0 radical (unpaired) electrons. The zero-order chi connectivity index (χ0) is 19.3. The fourth-order valence-electron chi connectivity index (χ4n) is 3.97. The summed E-state index contributed by atoms with van der Waals surface area (Å²) in [5.74, 6) is -0.936. The third kappa shape index (κ3) is 2.57. The number of hydrogen-bond acceptors (Lipinski definition) is 3. The predicted molar refractivity (Wildman–Crippen MR) is 103 cm³/mol. The van der Waals surface area contributed by atoms with Crippen LogP contribution in [0.3, 0.4) is 0 Å². The minimum Gasteiger partial charge on any atom is -0.377 e. The van der Waals surface area contributed by atoms with Crippen molar-refractivity contribution in [2.45, 2.75) is 12.0 Å². The number of H-pyrrole nitrogens is 1. The van der Waals surface area contributed by atoms with Crippen LogP contribution in [0.1, 0.15) is 28.8 Å². The van der Waals surface area contributed by atoms with Gasteiger partial charge in [-0.05, 0) is 47.5 Å². The molecule has 2 atom stereocenters. The highest BCUT2D eigenvalue weighted by atomic mass is 19.1. The molecule has 0 amide bonds. The van der Waals surface area contributed by atoms with Gasteiger partial charge >= 0.3 is 0 Å². The first-order valence-corrected chi connectivity index (χ1v) is 8.90. The fraction of sp³-hybridized carbons (Fsp3) is 0.0909. The summed E-state index contributed by atoms with van der Waals surface area (Å²) in [5, 5.41) is 11.7. The average Bonchev–Trinajstić information content (AvgIpc) is 2.71. The van der Waals surface area contributed by atoms with Crippen LogP contribution in [0.15, 0.2) is 71.5 Å². The smallest absolute Gasteiger partial charge is 0.272 e. The van der Waals surface area contributed by atoms with Crippen LogP contribution in [0.5, 0.6) is 0 Å². The Kier molecular flexibility index (Phi) is 3.72. The second kappa shape index (κ2) is 6.27. The molecule has 2 N–H and O–H groups in total. The van der Waals surface area contributed by atoms with Crippen LogP contribution in [0, 0.1) is 11.6 Å². The number of hydrogen-bond donors (Lipinski definition) is 2. The number of aromatic nitrogens is 2. The van der Waals surface area contributed by atoms with E-state index in [4.69, 9.17) is 0 Å². The predicted octanol–water partition coefficient (Wildman–Crippen LogP) is 4.50. The molecule has 1 aromatic heterocycles. The Morgan fingerprint density at radius 3 is 2.14 bits per heavy atom. The van der Waals surface area contributed by atoms with Gasteiger partial charge in [-0.1, -0.05) is 30.3 Å². The SMILES string of the molecule is O=c1[nH]nc2c3c(cccc13)NC(c1ccc(F)cc1)C2c1ccc(F)cc1. The zero-order valence-electron chi connectivity index (χ0n) is 14.6. The van der Waals surface area contributed by atoms with Crippen molar-refractivity contribution in [2.75, 3.05) is 5.32 Å². The maximum atomic E-state index is 13.5. The molecule has 2 heterocycles. The van der Waals surface area contributed by atoms with Crippen LogP contribution in [0.4, 0.5) is 14.5 Å². The number of aromatic amines is 1. The number of benzene rings is 3. The van der Waals surface area contributed by atoms with Gasteiger partial charge in [-0.3, -0.25) is 4.79 Å². The van der Waals surface area contributed by atoms with Gasteiger partial charge in [0.1, 0.15) is 11.6 Å². The van der Waals surface area contributed by atoms with E-state index in [-0.39, 0.29) is 29.2 Å². The number of rotatable bonds is 2. The van der Waals surface area contributed by atoms with Crippen molar-refractivity contribution in [3.05, 3.63) is 106 Å². The minimum absolute atomic E-state index is 0.262. The van der Waals surface area contributed by atoms with Crippen molar-refractivity contribution < 1.29 is 8.78 Å². The average molecular weight is 375 g/mol. The Morgan fingerprint density at radius 2 is 1.46 bits per heavy atom. The summed E-state index contributed by atoms with van der Waals surface area (Å²) in [6, 6.07) is 17.7. The topological polar surface area (TPSA) is 57.8 Å². The normalized spacial score (nSPS) is 18.1. The molecule has 4 nitrogen and oxygen atoms in total. The molecule has 2 unspecified atom stereocenters. The summed E-state index contributed by atoms with van der Waals surface area (Å²) in [6.07, 6.45) is 0. The quantitative estimate of drug-likeness (QED) is 0.542. The molecule has 0 saturated carbocycles. The summed E-state index contributed by atoms with van der Waals surface area (Å²) in [4.78, 5) is 12.3. The van der Waals surface area contributed by atoms with Crippen LogP contribution in [-0.2, 0) is 0 Å². The van der Waals surface area contributed by atoms with Crippen LogP contribution in [-0.4, -0.2) is 10.2 Å². The second-order valence-corrected chi connectivity index (χ2v) is 6.87. The number of halogens is 2. The maximum Gasteiger partial charge on any atom is 0.272 e. The van der Waals surface area contributed by atoms with Gasteiger partial charge in [-0.25, -0.2) is 13.9 Å². The van der Waals surface area contributed by atoms with Crippen molar-refractivity contribution in [1.29, 1.82) is 0 Å². The number of anilines is 1. The standard InChI is InChI=1S/C22H15F2N3O/c23-14-8-4-12(5-9-14)18-20(13-6-10-15(24)11-7-13)25-17-3-1-2-16-19(17)21(18)26-27-22(16)28/h1-11,18,20,25H,(H,27,28). The lowest BCUT2D eigenvalue weighted by Gasteiger charge is -2.34. The molecule has 0 spiro atoms. The molecule has 0 fully saturated rings. The van der Waals surface area contributed by atoms with Gasteiger partial charge in [-0.15, -0.1) is 0 Å². The molecule has 0 bridgehead atoms. The highest BCUT2D eigenvalue weighted by molar-refractivity contribution is 5.97. The van der Waals surface area contributed by atoms with Crippen LogP contribution in [0.25, 0.3) is 10.8 Å². The summed E-state index contributed by atoms with van der Waals surface area (Å²) in [6.45, 7) is 0. The summed E-state index contributed by atoms with van der Waals surface area (Å²) >= 11 is 0. The summed E-state index contributed by atoms with van der Waals surface area (Å²) < 4.78 is 27.0. The Bertz CT molecular complexity index is 1230. The second-order valence-electron chi connectivity index (χ2n) is 6.87.